The molecule has 2 rings (SSSR count). The predicted octanol–water partition coefficient (Wildman–Crippen LogP) is 3.43. The number of anilines is 2. The highest BCUT2D eigenvalue weighted by Gasteiger charge is 2.02. The van der Waals surface area contributed by atoms with Crippen LogP contribution in [0.25, 0.3) is 10.2 Å². The quantitative estimate of drug-likeness (QED) is 0.622. The van der Waals surface area contributed by atoms with Crippen LogP contribution < -0.4 is 11.1 Å². The van der Waals surface area contributed by atoms with Crippen LogP contribution in [0.2, 0.25) is 0 Å². The summed E-state index contributed by atoms with van der Waals surface area (Å²) in [6, 6.07) is 5.84. The molecule has 0 unspecified atom stereocenters. The summed E-state index contributed by atoms with van der Waals surface area (Å²) in [7, 11) is 0. The Morgan fingerprint density at radius 2 is 2.35 bits per heavy atom. The summed E-state index contributed by atoms with van der Waals surface area (Å²) in [6.45, 7) is 3.18. The zero-order valence-electron chi connectivity index (χ0n) is 9.90. The second kappa shape index (κ2) is 6.12. The molecule has 0 fully saturated rings. The Hall–Kier alpha value is -0.940. The summed E-state index contributed by atoms with van der Waals surface area (Å²) in [4.78, 5) is 4.52. The lowest BCUT2D eigenvalue weighted by Crippen LogP contribution is -2.01. The molecule has 0 saturated carbocycles. The van der Waals surface area contributed by atoms with Gasteiger partial charge in [0, 0.05) is 12.2 Å². The Bertz CT molecular complexity index is 482. The van der Waals surface area contributed by atoms with Crippen molar-refractivity contribution in [2.24, 2.45) is 0 Å². The van der Waals surface area contributed by atoms with E-state index in [1.54, 1.807) is 11.3 Å². The first-order chi connectivity index (χ1) is 8.29. The van der Waals surface area contributed by atoms with Gasteiger partial charge in [-0.1, -0.05) is 18.3 Å². The molecule has 0 bridgehead atoms. The van der Waals surface area contributed by atoms with Crippen LogP contribution in [0, 0.1) is 0 Å². The van der Waals surface area contributed by atoms with Crippen molar-refractivity contribution in [1.82, 2.24) is 4.98 Å². The van der Waals surface area contributed by atoms with E-state index in [4.69, 9.17) is 5.73 Å². The smallest absolute Gasteiger partial charge is 0.183 e. The maximum absolute atomic E-state index is 5.74. The summed E-state index contributed by atoms with van der Waals surface area (Å²) >= 11 is 3.64. The number of nitrogens with zero attached hydrogens (tertiary/aromatic N) is 1. The zero-order valence-corrected chi connectivity index (χ0v) is 11.5. The molecule has 0 saturated heterocycles. The van der Waals surface area contributed by atoms with Crippen molar-refractivity contribution in [3.05, 3.63) is 18.2 Å². The van der Waals surface area contributed by atoms with E-state index in [-0.39, 0.29) is 0 Å². The number of nitrogens with two attached hydrogens (primary N) is 1. The lowest BCUT2D eigenvalue weighted by atomic mass is 10.3. The highest BCUT2D eigenvalue weighted by Crippen LogP contribution is 2.27. The fraction of sp³-hybridized carbons (Fsp3) is 0.417. The molecule has 3 N–H and O–H groups in total. The molecule has 0 aliphatic rings. The SMILES string of the molecule is CCSCCCNc1nc2ccc(N)cc2s1. The minimum absolute atomic E-state index is 0.798. The Morgan fingerprint density at radius 1 is 1.47 bits per heavy atom. The van der Waals surface area contributed by atoms with Gasteiger partial charge in [-0.2, -0.15) is 11.8 Å². The number of rotatable bonds is 6. The van der Waals surface area contributed by atoms with Crippen molar-refractivity contribution in [3.63, 3.8) is 0 Å². The zero-order chi connectivity index (χ0) is 12.1. The third-order valence-electron chi connectivity index (χ3n) is 2.36. The van der Waals surface area contributed by atoms with Crippen LogP contribution in [0.1, 0.15) is 13.3 Å². The van der Waals surface area contributed by atoms with E-state index in [2.05, 4.69) is 17.2 Å². The monoisotopic (exact) mass is 267 g/mol. The Morgan fingerprint density at radius 3 is 3.18 bits per heavy atom. The van der Waals surface area contributed by atoms with E-state index in [0.29, 0.717) is 0 Å². The molecule has 2 aromatic rings. The number of thioether (sulfide) groups is 1. The van der Waals surface area contributed by atoms with Gasteiger partial charge in [0.2, 0.25) is 0 Å². The topological polar surface area (TPSA) is 50.9 Å². The minimum atomic E-state index is 0.798. The number of thiazole rings is 1. The molecule has 1 heterocycles. The van der Waals surface area contributed by atoms with Crippen LogP contribution in [0.15, 0.2) is 18.2 Å². The van der Waals surface area contributed by atoms with E-state index in [0.717, 1.165) is 27.6 Å². The average Bonchev–Trinajstić information content (AvgIpc) is 2.70. The molecule has 0 atom stereocenters. The lowest BCUT2D eigenvalue weighted by molar-refractivity contribution is 0.989. The Kier molecular flexibility index (Phi) is 4.50. The number of nitrogen functional groups attached to an aromatic ring is 1. The highest BCUT2D eigenvalue weighted by molar-refractivity contribution is 7.99. The second-order valence-corrected chi connectivity index (χ2v) is 6.15. The number of benzene rings is 1. The van der Waals surface area contributed by atoms with Crippen molar-refractivity contribution in [2.75, 3.05) is 29.1 Å². The molecular weight excluding hydrogens is 250 g/mol. The van der Waals surface area contributed by atoms with Crippen LogP contribution >= 0.6 is 23.1 Å². The average molecular weight is 267 g/mol. The fourth-order valence-corrected chi connectivity index (χ4v) is 3.11. The normalized spacial score (nSPS) is 10.9. The molecular formula is C12H17N3S2. The lowest BCUT2D eigenvalue weighted by Gasteiger charge is -2.00. The summed E-state index contributed by atoms with van der Waals surface area (Å²) in [6.07, 6.45) is 1.18. The molecule has 1 aromatic heterocycles. The standard InChI is InChI=1S/C12H17N3S2/c1-2-16-7-3-6-14-12-15-10-5-4-9(13)8-11(10)17-12/h4-5,8H,2-3,6-7,13H2,1H3,(H,14,15). The third kappa shape index (κ3) is 3.51. The van der Waals surface area contributed by atoms with Crippen molar-refractivity contribution in [1.29, 1.82) is 0 Å². The summed E-state index contributed by atoms with van der Waals surface area (Å²) in [5, 5.41) is 4.36. The van der Waals surface area contributed by atoms with Gasteiger partial charge in [0.25, 0.3) is 0 Å². The van der Waals surface area contributed by atoms with E-state index in [9.17, 15) is 0 Å². The van der Waals surface area contributed by atoms with Gasteiger partial charge in [-0.15, -0.1) is 0 Å². The van der Waals surface area contributed by atoms with Gasteiger partial charge >= 0.3 is 0 Å². The first-order valence-corrected chi connectivity index (χ1v) is 7.74. The molecule has 5 heteroatoms. The van der Waals surface area contributed by atoms with Gasteiger partial charge < -0.3 is 11.1 Å². The maximum Gasteiger partial charge on any atom is 0.183 e. The fourth-order valence-electron chi connectivity index (χ4n) is 1.53. The number of nitrogens with one attached hydrogen (secondary N) is 1. The summed E-state index contributed by atoms with van der Waals surface area (Å²) < 4.78 is 1.15. The number of fused-ring (bicyclic) bond motifs is 1. The molecule has 0 spiro atoms. The van der Waals surface area contributed by atoms with Gasteiger partial charge in [0.15, 0.2) is 5.13 Å². The number of hydrogen-bond donors (Lipinski definition) is 2. The first-order valence-electron chi connectivity index (χ1n) is 5.77. The Labute approximate surface area is 110 Å². The van der Waals surface area contributed by atoms with E-state index < -0.39 is 0 Å². The van der Waals surface area contributed by atoms with E-state index >= 15 is 0 Å². The van der Waals surface area contributed by atoms with Crippen LogP contribution in [0.3, 0.4) is 0 Å². The second-order valence-electron chi connectivity index (χ2n) is 3.72. The van der Waals surface area contributed by atoms with Gasteiger partial charge in [0.05, 0.1) is 10.2 Å². The predicted molar refractivity (Wildman–Crippen MR) is 80.1 cm³/mol. The van der Waals surface area contributed by atoms with Crippen LogP contribution in [0.5, 0.6) is 0 Å². The van der Waals surface area contributed by atoms with Gasteiger partial charge in [-0.05, 0) is 36.1 Å². The number of hydrogen-bond acceptors (Lipinski definition) is 5. The molecule has 0 amide bonds. The Balaban J connectivity index is 1.91. The molecule has 1 aromatic carbocycles. The van der Waals surface area contributed by atoms with E-state index in [1.165, 1.54) is 17.9 Å². The van der Waals surface area contributed by atoms with Gasteiger partial charge in [-0.3, -0.25) is 0 Å². The van der Waals surface area contributed by atoms with Crippen LogP contribution in [0.4, 0.5) is 10.8 Å². The molecule has 3 nitrogen and oxygen atoms in total. The molecule has 0 radical (unpaired) electrons. The van der Waals surface area contributed by atoms with Crippen LogP contribution in [-0.2, 0) is 0 Å². The van der Waals surface area contributed by atoms with Crippen molar-refractivity contribution in [2.45, 2.75) is 13.3 Å². The summed E-state index contributed by atoms with van der Waals surface area (Å²) in [5.74, 6) is 2.40. The molecule has 0 aliphatic carbocycles. The minimum Gasteiger partial charge on any atom is -0.399 e. The molecule has 92 valence electrons. The van der Waals surface area contributed by atoms with Crippen molar-refractivity contribution in [3.8, 4) is 0 Å². The maximum atomic E-state index is 5.74. The van der Waals surface area contributed by atoms with Crippen molar-refractivity contribution >= 4 is 44.1 Å². The first kappa shape index (κ1) is 12.5. The van der Waals surface area contributed by atoms with Gasteiger partial charge in [-0.25, -0.2) is 4.98 Å². The molecule has 17 heavy (non-hydrogen) atoms. The number of aromatic nitrogens is 1. The highest BCUT2D eigenvalue weighted by atomic mass is 32.2. The van der Waals surface area contributed by atoms with E-state index in [1.807, 2.05) is 30.0 Å². The third-order valence-corrected chi connectivity index (χ3v) is 4.32. The van der Waals surface area contributed by atoms with Crippen LogP contribution in [-0.4, -0.2) is 23.0 Å². The largest absolute Gasteiger partial charge is 0.399 e. The van der Waals surface area contributed by atoms with Gasteiger partial charge in [0.1, 0.15) is 0 Å². The molecule has 0 aliphatic heterocycles. The summed E-state index contributed by atoms with van der Waals surface area (Å²) in [5.41, 5.74) is 7.56. The van der Waals surface area contributed by atoms with Crippen molar-refractivity contribution < 1.29 is 0 Å².